The molecule has 7 N–H and O–H groups in total. The fourth-order valence-electron chi connectivity index (χ4n) is 4.40. The van der Waals surface area contributed by atoms with Crippen LogP contribution in [0.15, 0.2) is 48.5 Å². The predicted molar refractivity (Wildman–Crippen MR) is 167 cm³/mol. The molecule has 5 rings (SSSR count). The standard InChI is InChI=1S/C20H14N4.C10H26N4.CH4/c1-2-14-10-16-5-6-18(23-16)12-20-8-7-19(24-20)11-17-4-3-15(22-17)9-13(1)21-14;1-2-3-4-5-6-7-8-9-10-12-14-13-11;/h1-12,21,24H;12-14H,2-11H2,1H3;1H4. The molecule has 8 nitrogen and oxygen atoms in total. The number of nitrogens with one attached hydrogen (secondary N) is 5. The number of unbranched alkanes of at least 4 members (excludes halogenated alkanes) is 7. The molecule has 208 valence electrons. The Morgan fingerprint density at radius 3 is 1.38 bits per heavy atom. The van der Waals surface area contributed by atoms with E-state index in [1.54, 1.807) is 0 Å². The van der Waals surface area contributed by atoms with Gasteiger partial charge < -0.3 is 9.97 Å². The lowest BCUT2D eigenvalue weighted by atomic mass is 10.1. The van der Waals surface area contributed by atoms with Crippen LogP contribution in [0.3, 0.4) is 0 Å². The highest BCUT2D eigenvalue weighted by Gasteiger charge is 2.01. The molecular weight excluding hydrogens is 484 g/mol. The Balaban J connectivity index is 0.000000245. The van der Waals surface area contributed by atoms with E-state index in [4.69, 9.17) is 5.84 Å². The van der Waals surface area contributed by atoms with E-state index < -0.39 is 0 Å². The van der Waals surface area contributed by atoms with Crippen LogP contribution in [0, 0.1) is 0 Å². The number of aromatic nitrogens is 4. The second-order valence-corrected chi connectivity index (χ2v) is 9.58. The summed E-state index contributed by atoms with van der Waals surface area (Å²) in [6, 6.07) is 16.4. The summed E-state index contributed by atoms with van der Waals surface area (Å²) in [7, 11) is 0. The largest absolute Gasteiger partial charge is 0.355 e. The van der Waals surface area contributed by atoms with Crippen molar-refractivity contribution >= 4 is 46.4 Å². The molecule has 5 heterocycles. The van der Waals surface area contributed by atoms with Gasteiger partial charge in [-0.25, -0.2) is 15.4 Å². The van der Waals surface area contributed by atoms with Crippen molar-refractivity contribution in [2.75, 3.05) is 6.54 Å². The highest BCUT2D eigenvalue weighted by atomic mass is 15.7. The van der Waals surface area contributed by atoms with Gasteiger partial charge in [0, 0.05) is 28.6 Å². The average Bonchev–Trinajstić information content (AvgIpc) is 3.72. The van der Waals surface area contributed by atoms with Gasteiger partial charge in [-0.05, 0) is 79.3 Å². The third-order valence-corrected chi connectivity index (χ3v) is 6.36. The molecular formula is C31H44N8. The fourth-order valence-corrected chi connectivity index (χ4v) is 4.40. The normalized spacial score (nSPS) is 11.6. The Labute approximate surface area is 232 Å². The number of nitrogens with two attached hydrogens (primary N) is 1. The van der Waals surface area contributed by atoms with Crippen LogP contribution in [0.1, 0.15) is 88.5 Å². The summed E-state index contributed by atoms with van der Waals surface area (Å²) >= 11 is 0. The number of hydrazine groups is 3. The van der Waals surface area contributed by atoms with Crippen LogP contribution in [0.25, 0.3) is 46.4 Å². The molecule has 3 aromatic heterocycles. The molecule has 0 unspecified atom stereocenters. The van der Waals surface area contributed by atoms with Gasteiger partial charge in [-0.2, -0.15) is 11.1 Å². The van der Waals surface area contributed by atoms with Crippen molar-refractivity contribution in [3.63, 3.8) is 0 Å². The first kappa shape index (κ1) is 30.0. The summed E-state index contributed by atoms with van der Waals surface area (Å²) in [5.74, 6) is 5.01. The van der Waals surface area contributed by atoms with E-state index in [9.17, 15) is 0 Å². The third-order valence-electron chi connectivity index (χ3n) is 6.36. The first-order valence-corrected chi connectivity index (χ1v) is 13.7. The van der Waals surface area contributed by atoms with Gasteiger partial charge in [0.05, 0.1) is 22.8 Å². The average molecular weight is 529 g/mol. The maximum absolute atomic E-state index is 5.01. The van der Waals surface area contributed by atoms with E-state index in [2.05, 4.69) is 67.6 Å². The van der Waals surface area contributed by atoms with Crippen molar-refractivity contribution in [2.45, 2.75) is 65.7 Å². The highest BCUT2D eigenvalue weighted by molar-refractivity contribution is 5.77. The second kappa shape index (κ2) is 16.4. The van der Waals surface area contributed by atoms with Crippen LogP contribution in [0.2, 0.25) is 0 Å². The monoisotopic (exact) mass is 528 g/mol. The number of nitrogens with zero attached hydrogens (tertiary/aromatic N) is 2. The van der Waals surface area contributed by atoms with Gasteiger partial charge in [-0.15, -0.1) is 0 Å². The van der Waals surface area contributed by atoms with Crippen molar-refractivity contribution in [3.8, 4) is 0 Å². The zero-order chi connectivity index (χ0) is 26.4. The Hall–Kier alpha value is -3.56. The fraction of sp³-hybridized carbons (Fsp3) is 0.355. The minimum atomic E-state index is 0. The third kappa shape index (κ3) is 10.3. The summed E-state index contributed by atoms with van der Waals surface area (Å²) in [5, 5.41) is 0. The summed E-state index contributed by atoms with van der Waals surface area (Å²) in [4.78, 5) is 16.0. The van der Waals surface area contributed by atoms with Crippen LogP contribution in [-0.4, -0.2) is 26.5 Å². The lowest BCUT2D eigenvalue weighted by Crippen LogP contribution is -2.47. The molecule has 8 heteroatoms. The number of fused-ring (bicyclic) bond motifs is 8. The Bertz CT molecular complexity index is 1180. The minimum absolute atomic E-state index is 0. The van der Waals surface area contributed by atoms with Crippen LogP contribution in [-0.2, 0) is 0 Å². The molecule has 0 saturated carbocycles. The molecule has 3 aromatic rings. The molecule has 0 amide bonds. The minimum Gasteiger partial charge on any atom is -0.355 e. The number of rotatable bonds is 11. The summed E-state index contributed by atoms with van der Waals surface area (Å²) < 4.78 is 0. The van der Waals surface area contributed by atoms with Gasteiger partial charge in [0.2, 0.25) is 0 Å². The van der Waals surface area contributed by atoms with Crippen molar-refractivity contribution < 1.29 is 0 Å². The topological polar surface area (TPSA) is 119 Å². The van der Waals surface area contributed by atoms with E-state index in [1.165, 1.54) is 51.4 Å². The number of aromatic amines is 2. The molecule has 0 spiro atoms. The molecule has 8 bridgehead atoms. The second-order valence-electron chi connectivity index (χ2n) is 9.58. The van der Waals surface area contributed by atoms with E-state index in [0.717, 1.165) is 51.4 Å². The van der Waals surface area contributed by atoms with E-state index in [0.29, 0.717) is 0 Å². The molecule has 0 fully saturated rings. The van der Waals surface area contributed by atoms with Crippen molar-refractivity contribution in [2.24, 2.45) is 5.84 Å². The zero-order valence-electron chi connectivity index (χ0n) is 22.3. The van der Waals surface area contributed by atoms with Crippen molar-refractivity contribution in [3.05, 3.63) is 71.3 Å². The Morgan fingerprint density at radius 1 is 0.615 bits per heavy atom. The van der Waals surface area contributed by atoms with Gasteiger partial charge in [-0.3, -0.25) is 5.84 Å². The first-order valence-electron chi connectivity index (χ1n) is 13.7. The lowest BCUT2D eigenvalue weighted by molar-refractivity contribution is 0.431. The maximum atomic E-state index is 5.01. The Morgan fingerprint density at radius 2 is 1.00 bits per heavy atom. The molecule has 39 heavy (non-hydrogen) atoms. The smallest absolute Gasteiger partial charge is 0.0658 e. The van der Waals surface area contributed by atoms with Crippen molar-refractivity contribution in [1.29, 1.82) is 0 Å². The number of hydrogen-bond acceptors (Lipinski definition) is 6. The van der Waals surface area contributed by atoms with Crippen LogP contribution >= 0.6 is 0 Å². The van der Waals surface area contributed by atoms with Gasteiger partial charge in [-0.1, -0.05) is 59.3 Å². The van der Waals surface area contributed by atoms with E-state index >= 15 is 0 Å². The highest BCUT2D eigenvalue weighted by Crippen LogP contribution is 2.17. The molecule has 0 radical (unpaired) electrons. The zero-order valence-corrected chi connectivity index (χ0v) is 22.3. The Kier molecular flexibility index (Phi) is 12.6. The summed E-state index contributed by atoms with van der Waals surface area (Å²) in [6.45, 7) is 3.23. The van der Waals surface area contributed by atoms with E-state index in [-0.39, 0.29) is 7.43 Å². The van der Waals surface area contributed by atoms with Crippen LogP contribution < -0.4 is 22.3 Å². The van der Waals surface area contributed by atoms with Gasteiger partial charge in [0.15, 0.2) is 0 Å². The van der Waals surface area contributed by atoms with Gasteiger partial charge in [0.25, 0.3) is 0 Å². The summed E-state index contributed by atoms with van der Waals surface area (Å²) in [6.07, 6.45) is 18.9. The maximum Gasteiger partial charge on any atom is 0.0658 e. The van der Waals surface area contributed by atoms with Crippen molar-refractivity contribution in [1.82, 2.24) is 36.4 Å². The van der Waals surface area contributed by atoms with E-state index in [1.807, 2.05) is 48.6 Å². The summed E-state index contributed by atoms with van der Waals surface area (Å²) in [5.41, 5.74) is 15.8. The molecule has 0 aromatic carbocycles. The molecule has 2 aliphatic heterocycles. The van der Waals surface area contributed by atoms with Gasteiger partial charge >= 0.3 is 0 Å². The molecule has 0 atom stereocenters. The van der Waals surface area contributed by atoms with Crippen LogP contribution in [0.4, 0.5) is 0 Å². The first-order chi connectivity index (χ1) is 18.7. The molecule has 0 aliphatic carbocycles. The number of H-pyrrole nitrogens is 2. The molecule has 2 aliphatic rings. The van der Waals surface area contributed by atoms with Crippen LogP contribution in [0.5, 0.6) is 0 Å². The number of hydrogen-bond donors (Lipinski definition) is 6. The molecule has 0 saturated heterocycles. The van der Waals surface area contributed by atoms with Gasteiger partial charge in [0.1, 0.15) is 0 Å². The SMILES string of the molecule is C.C1=Cc2cc3ccc(cc4nc(cc5ccc(cc1n2)[nH]5)C=C4)[nH]3.CCCCCCCCCCNNNN. The lowest BCUT2D eigenvalue weighted by Gasteiger charge is -2.04. The quantitative estimate of drug-likeness (QED) is 0.0631. The predicted octanol–water partition coefficient (Wildman–Crippen LogP) is 6.89.